The maximum Gasteiger partial charge on any atom is 0.229 e. The molecule has 0 fully saturated rings. The molecule has 2 aliphatic rings. The molecule has 39 heavy (non-hydrogen) atoms. The number of nitrogens with one attached hydrogen (secondary N) is 2. The van der Waals surface area contributed by atoms with Gasteiger partial charge in [0.1, 0.15) is 12.4 Å². The Balaban J connectivity index is 1.79. The van der Waals surface area contributed by atoms with Crippen molar-refractivity contribution in [1.82, 2.24) is 5.32 Å². The molecule has 4 rings (SSSR count). The lowest BCUT2D eigenvalue weighted by Crippen LogP contribution is -2.34. The number of sulfonamides is 1. The van der Waals surface area contributed by atoms with E-state index >= 15 is 0 Å². The Hall–Kier alpha value is -3.29. The van der Waals surface area contributed by atoms with E-state index in [0.717, 1.165) is 36.8 Å². The van der Waals surface area contributed by atoms with Gasteiger partial charge in [-0.2, -0.15) is 5.26 Å². The lowest BCUT2D eigenvalue weighted by molar-refractivity contribution is -0.117. The second-order valence-electron chi connectivity index (χ2n) is 9.98. The SMILES string of the molecule is CCCC1CC(=O)C2=C(C1)NC(C)=C(C#N)C2c1cc(Br)c(OCc2cccc(OC)c2)c(NS(C)(=O)=O)c1. The van der Waals surface area contributed by atoms with Gasteiger partial charge < -0.3 is 14.8 Å². The molecule has 2 aromatic carbocycles. The highest BCUT2D eigenvalue weighted by Gasteiger charge is 2.39. The number of halogens is 1. The molecule has 0 amide bonds. The van der Waals surface area contributed by atoms with Crippen molar-refractivity contribution < 1.29 is 22.7 Å². The summed E-state index contributed by atoms with van der Waals surface area (Å²) < 4.78 is 39.1. The maximum absolute atomic E-state index is 13.5. The van der Waals surface area contributed by atoms with Crippen molar-refractivity contribution >= 4 is 37.4 Å². The molecule has 0 saturated carbocycles. The van der Waals surface area contributed by atoms with E-state index in [2.05, 4.69) is 39.0 Å². The minimum Gasteiger partial charge on any atom is -0.497 e. The van der Waals surface area contributed by atoms with Gasteiger partial charge in [-0.1, -0.05) is 25.5 Å². The molecule has 0 spiro atoms. The number of allylic oxidation sites excluding steroid dienone is 4. The predicted octanol–water partition coefficient (Wildman–Crippen LogP) is 5.93. The fourth-order valence-corrected chi connectivity index (χ4v) is 6.48. The lowest BCUT2D eigenvalue weighted by Gasteiger charge is -2.35. The van der Waals surface area contributed by atoms with Crippen molar-refractivity contribution in [3.8, 4) is 17.6 Å². The van der Waals surface area contributed by atoms with Crippen LogP contribution in [0.2, 0.25) is 0 Å². The zero-order valence-electron chi connectivity index (χ0n) is 22.4. The first-order chi connectivity index (χ1) is 18.5. The van der Waals surface area contributed by atoms with E-state index < -0.39 is 15.9 Å². The number of rotatable bonds is 9. The van der Waals surface area contributed by atoms with Gasteiger partial charge in [0, 0.05) is 23.4 Å². The topological polar surface area (TPSA) is 118 Å². The largest absolute Gasteiger partial charge is 0.497 e. The lowest BCUT2D eigenvalue weighted by atomic mass is 9.72. The highest BCUT2D eigenvalue weighted by atomic mass is 79.9. The van der Waals surface area contributed by atoms with E-state index in [9.17, 15) is 18.5 Å². The number of ether oxygens (including phenoxy) is 2. The summed E-state index contributed by atoms with van der Waals surface area (Å²) in [6.07, 6.45) is 4.18. The second-order valence-corrected chi connectivity index (χ2v) is 12.6. The zero-order chi connectivity index (χ0) is 28.3. The molecular weight excluding hydrogens is 582 g/mol. The molecule has 1 aliphatic carbocycles. The van der Waals surface area contributed by atoms with Crippen LogP contribution in [0.15, 0.2) is 63.4 Å². The number of nitriles is 1. The highest BCUT2D eigenvalue weighted by molar-refractivity contribution is 9.10. The Labute approximate surface area is 238 Å². The normalized spacial score (nSPS) is 19.2. The summed E-state index contributed by atoms with van der Waals surface area (Å²) in [4.78, 5) is 13.5. The number of hydrogen-bond acceptors (Lipinski definition) is 7. The van der Waals surface area contributed by atoms with Crippen LogP contribution in [0.25, 0.3) is 0 Å². The maximum atomic E-state index is 13.5. The third-order valence-corrected chi connectivity index (χ3v) is 8.12. The van der Waals surface area contributed by atoms with Gasteiger partial charge in [0.25, 0.3) is 0 Å². The van der Waals surface area contributed by atoms with E-state index in [0.29, 0.717) is 44.8 Å². The number of ketones is 1. The second kappa shape index (κ2) is 11.8. The third-order valence-electron chi connectivity index (χ3n) is 6.94. The number of methoxy groups -OCH3 is 1. The number of Topliss-reactive ketones (excluding diaryl/α,β-unsaturated/α-hetero) is 1. The van der Waals surface area contributed by atoms with E-state index in [1.54, 1.807) is 19.2 Å². The van der Waals surface area contributed by atoms with Crippen LogP contribution in [0.3, 0.4) is 0 Å². The Morgan fingerprint density at radius 1 is 1.23 bits per heavy atom. The van der Waals surface area contributed by atoms with Crippen LogP contribution >= 0.6 is 15.9 Å². The molecule has 0 saturated heterocycles. The number of anilines is 1. The smallest absolute Gasteiger partial charge is 0.229 e. The molecular formula is C29H32BrN3O5S. The van der Waals surface area contributed by atoms with Crippen LogP contribution in [0, 0.1) is 17.2 Å². The van der Waals surface area contributed by atoms with Crippen LogP contribution in [-0.2, 0) is 21.4 Å². The molecule has 2 atom stereocenters. The average molecular weight is 615 g/mol. The van der Waals surface area contributed by atoms with Gasteiger partial charge in [0.15, 0.2) is 11.5 Å². The van der Waals surface area contributed by atoms with Crippen LogP contribution in [0.4, 0.5) is 5.69 Å². The molecule has 10 heteroatoms. The Morgan fingerprint density at radius 2 is 2.00 bits per heavy atom. The summed E-state index contributed by atoms with van der Waals surface area (Å²) in [6, 6.07) is 13.1. The Kier molecular flexibility index (Phi) is 8.72. The number of nitrogens with zero attached hydrogens (tertiary/aromatic N) is 1. The number of carbonyl (C=O) groups is 1. The van der Waals surface area contributed by atoms with Crippen LogP contribution in [-0.4, -0.2) is 27.6 Å². The summed E-state index contributed by atoms with van der Waals surface area (Å²) in [5, 5.41) is 13.4. The van der Waals surface area contributed by atoms with Gasteiger partial charge in [-0.25, -0.2) is 8.42 Å². The minimum atomic E-state index is -3.67. The standard InChI is InChI=1S/C29H32BrN3O5S/c1-5-7-18-11-24-28(26(34)12-18)27(22(15-31)17(2)32-24)20-13-23(30)29(25(14-20)33-39(4,35)36)38-16-19-8-6-9-21(10-19)37-3/h6,8-10,13-14,18,27,32-33H,5,7,11-12,16H2,1-4H3. The number of carbonyl (C=O) groups excluding carboxylic acids is 1. The van der Waals surface area contributed by atoms with E-state index in [-0.39, 0.29) is 24.0 Å². The van der Waals surface area contributed by atoms with E-state index in [1.165, 1.54) is 0 Å². The van der Waals surface area contributed by atoms with Crippen LogP contribution in [0.1, 0.15) is 56.6 Å². The van der Waals surface area contributed by atoms with Gasteiger partial charge in [0.05, 0.1) is 41.1 Å². The van der Waals surface area contributed by atoms with Crippen molar-refractivity contribution in [2.45, 2.75) is 52.1 Å². The van der Waals surface area contributed by atoms with Crippen molar-refractivity contribution in [3.63, 3.8) is 0 Å². The van der Waals surface area contributed by atoms with Crippen molar-refractivity contribution in [2.75, 3.05) is 18.1 Å². The quantitative estimate of drug-likeness (QED) is 0.360. The van der Waals surface area contributed by atoms with E-state index in [4.69, 9.17) is 9.47 Å². The van der Waals surface area contributed by atoms with Crippen molar-refractivity contribution in [3.05, 3.63) is 74.5 Å². The molecule has 1 heterocycles. The summed E-state index contributed by atoms with van der Waals surface area (Å²) in [5.41, 5.74) is 4.21. The Morgan fingerprint density at radius 3 is 2.67 bits per heavy atom. The molecule has 1 aliphatic heterocycles. The first-order valence-electron chi connectivity index (χ1n) is 12.8. The summed E-state index contributed by atoms with van der Waals surface area (Å²) in [6.45, 7) is 4.10. The molecule has 0 radical (unpaired) electrons. The fraction of sp³-hybridized carbons (Fsp3) is 0.379. The van der Waals surface area contributed by atoms with Gasteiger partial charge in [-0.05, 0) is 77.0 Å². The summed E-state index contributed by atoms with van der Waals surface area (Å²) in [5.74, 6) is 0.629. The number of hydrogen-bond donors (Lipinski definition) is 2. The van der Waals surface area contributed by atoms with Crippen LogP contribution in [0.5, 0.6) is 11.5 Å². The van der Waals surface area contributed by atoms with Crippen LogP contribution < -0.4 is 19.5 Å². The minimum absolute atomic E-state index is 0.0135. The molecule has 2 aromatic rings. The van der Waals surface area contributed by atoms with Gasteiger partial charge in [0.2, 0.25) is 10.0 Å². The average Bonchev–Trinajstić information content (AvgIpc) is 2.86. The summed E-state index contributed by atoms with van der Waals surface area (Å²) >= 11 is 3.56. The molecule has 2 unspecified atom stereocenters. The molecule has 0 aromatic heterocycles. The molecule has 206 valence electrons. The van der Waals surface area contributed by atoms with Crippen molar-refractivity contribution in [1.29, 1.82) is 5.26 Å². The molecule has 2 N–H and O–H groups in total. The van der Waals surface area contributed by atoms with Gasteiger partial charge in [-0.15, -0.1) is 0 Å². The third kappa shape index (κ3) is 6.48. The van der Waals surface area contributed by atoms with Crippen molar-refractivity contribution in [2.24, 2.45) is 5.92 Å². The summed E-state index contributed by atoms with van der Waals surface area (Å²) in [7, 11) is -2.09. The first kappa shape index (κ1) is 28.7. The monoisotopic (exact) mass is 613 g/mol. The Bertz CT molecular complexity index is 1510. The molecule has 0 bridgehead atoms. The first-order valence-corrected chi connectivity index (χ1v) is 15.4. The predicted molar refractivity (Wildman–Crippen MR) is 154 cm³/mol. The number of dihydropyridines is 1. The molecule has 8 nitrogen and oxygen atoms in total. The van der Waals surface area contributed by atoms with Gasteiger partial charge >= 0.3 is 0 Å². The highest BCUT2D eigenvalue weighted by Crippen LogP contribution is 2.47. The fourth-order valence-electron chi connectivity index (χ4n) is 5.33. The van der Waals surface area contributed by atoms with Gasteiger partial charge in [-0.3, -0.25) is 9.52 Å². The van der Waals surface area contributed by atoms with E-state index in [1.807, 2.05) is 31.2 Å². The number of benzene rings is 2. The zero-order valence-corrected chi connectivity index (χ0v) is 24.8.